The highest BCUT2D eigenvalue weighted by Crippen LogP contribution is 2.28. The van der Waals surface area contributed by atoms with E-state index in [1.165, 1.54) is 7.11 Å². The normalized spacial score (nSPS) is 10.3. The summed E-state index contributed by atoms with van der Waals surface area (Å²) in [6.45, 7) is 2.17. The van der Waals surface area contributed by atoms with Crippen molar-refractivity contribution < 1.29 is 14.3 Å². The van der Waals surface area contributed by atoms with Crippen LogP contribution in [0.15, 0.2) is 48.5 Å². The van der Waals surface area contributed by atoms with E-state index in [9.17, 15) is 4.79 Å². The molecule has 116 valence electrons. The van der Waals surface area contributed by atoms with Crippen LogP contribution in [-0.2, 0) is 11.2 Å². The molecule has 0 aliphatic heterocycles. The van der Waals surface area contributed by atoms with Gasteiger partial charge < -0.3 is 9.47 Å². The molecular weight excluding hydrogens is 276 g/mol. The molecule has 0 unspecified atom stereocenters. The Balaban J connectivity index is 2.24. The number of ether oxygens (including phenoxy) is 2. The Kier molecular flexibility index (Phi) is 6.01. The van der Waals surface area contributed by atoms with Gasteiger partial charge in [-0.25, -0.2) is 4.79 Å². The molecule has 0 amide bonds. The fourth-order valence-electron chi connectivity index (χ4n) is 2.30. The molecule has 0 aliphatic carbocycles. The Hall–Kier alpha value is -2.29. The third-order valence-electron chi connectivity index (χ3n) is 3.50. The van der Waals surface area contributed by atoms with E-state index in [4.69, 9.17) is 9.47 Å². The molecule has 2 aromatic rings. The van der Waals surface area contributed by atoms with Crippen LogP contribution in [0.25, 0.3) is 0 Å². The Morgan fingerprint density at radius 1 is 1.05 bits per heavy atom. The molecule has 0 fully saturated rings. The molecule has 3 nitrogen and oxygen atoms in total. The molecule has 0 saturated heterocycles. The maximum absolute atomic E-state index is 11.7. The standard InChI is InChI=1S/C19H22O3/c1-3-4-6-9-15-14-16(19(20)21-2)12-13-18(15)22-17-10-7-5-8-11-17/h5,7-8,10-14H,3-4,6,9H2,1-2H3. The number of carbonyl (C=O) groups excluding carboxylic acids is 1. The summed E-state index contributed by atoms with van der Waals surface area (Å²) in [7, 11) is 1.40. The molecule has 3 heteroatoms. The van der Waals surface area contributed by atoms with E-state index in [0.29, 0.717) is 5.56 Å². The number of rotatable bonds is 7. The number of esters is 1. The van der Waals surface area contributed by atoms with E-state index >= 15 is 0 Å². The SMILES string of the molecule is CCCCCc1cc(C(=O)OC)ccc1Oc1ccccc1. The average Bonchev–Trinajstić information content (AvgIpc) is 2.56. The number of unbranched alkanes of at least 4 members (excludes halogenated alkanes) is 2. The maximum atomic E-state index is 11.7. The first kappa shape index (κ1) is 16.1. The second-order valence-corrected chi connectivity index (χ2v) is 5.19. The van der Waals surface area contributed by atoms with Gasteiger partial charge in [0.15, 0.2) is 0 Å². The van der Waals surface area contributed by atoms with Crippen LogP contribution in [0.3, 0.4) is 0 Å². The van der Waals surface area contributed by atoms with Crippen LogP contribution >= 0.6 is 0 Å². The predicted octanol–water partition coefficient (Wildman–Crippen LogP) is 5.00. The van der Waals surface area contributed by atoms with Crippen molar-refractivity contribution in [3.63, 3.8) is 0 Å². The first-order chi connectivity index (χ1) is 10.7. The molecule has 0 atom stereocenters. The lowest BCUT2D eigenvalue weighted by Gasteiger charge is -2.12. The van der Waals surface area contributed by atoms with Crippen molar-refractivity contribution in [1.29, 1.82) is 0 Å². The number of para-hydroxylation sites is 1. The minimum atomic E-state index is -0.317. The molecule has 0 spiro atoms. The Labute approximate surface area is 131 Å². The fourth-order valence-corrected chi connectivity index (χ4v) is 2.30. The lowest BCUT2D eigenvalue weighted by molar-refractivity contribution is 0.0600. The van der Waals surface area contributed by atoms with Crippen LogP contribution < -0.4 is 4.74 Å². The van der Waals surface area contributed by atoms with E-state index in [0.717, 1.165) is 42.7 Å². The molecule has 22 heavy (non-hydrogen) atoms. The van der Waals surface area contributed by atoms with Gasteiger partial charge in [-0.15, -0.1) is 0 Å². The van der Waals surface area contributed by atoms with Gasteiger partial charge in [0, 0.05) is 0 Å². The molecule has 2 aromatic carbocycles. The maximum Gasteiger partial charge on any atom is 0.337 e. The molecular formula is C19H22O3. The van der Waals surface area contributed by atoms with Crippen molar-refractivity contribution in [1.82, 2.24) is 0 Å². The molecule has 0 heterocycles. The molecule has 0 N–H and O–H groups in total. The van der Waals surface area contributed by atoms with Gasteiger partial charge in [0.05, 0.1) is 12.7 Å². The quantitative estimate of drug-likeness (QED) is 0.533. The highest BCUT2D eigenvalue weighted by molar-refractivity contribution is 5.89. The zero-order valence-corrected chi connectivity index (χ0v) is 13.2. The highest BCUT2D eigenvalue weighted by Gasteiger charge is 2.11. The van der Waals surface area contributed by atoms with Crippen molar-refractivity contribution in [2.75, 3.05) is 7.11 Å². The van der Waals surface area contributed by atoms with Gasteiger partial charge >= 0.3 is 5.97 Å². The smallest absolute Gasteiger partial charge is 0.337 e. The van der Waals surface area contributed by atoms with Gasteiger partial charge in [-0.2, -0.15) is 0 Å². The summed E-state index contributed by atoms with van der Waals surface area (Å²) in [5.74, 6) is 1.28. The number of aryl methyl sites for hydroxylation is 1. The fraction of sp³-hybridized carbons (Fsp3) is 0.316. The summed E-state index contributed by atoms with van der Waals surface area (Å²) >= 11 is 0. The number of methoxy groups -OCH3 is 1. The predicted molar refractivity (Wildman–Crippen MR) is 87.5 cm³/mol. The Morgan fingerprint density at radius 3 is 2.50 bits per heavy atom. The topological polar surface area (TPSA) is 35.5 Å². The van der Waals surface area contributed by atoms with E-state index in [2.05, 4.69) is 6.92 Å². The van der Waals surface area contributed by atoms with Crippen molar-refractivity contribution >= 4 is 5.97 Å². The largest absolute Gasteiger partial charge is 0.465 e. The van der Waals surface area contributed by atoms with Crippen LogP contribution in [0.2, 0.25) is 0 Å². The number of benzene rings is 2. The lowest BCUT2D eigenvalue weighted by Crippen LogP contribution is -2.03. The van der Waals surface area contributed by atoms with Crippen molar-refractivity contribution in [3.05, 3.63) is 59.7 Å². The highest BCUT2D eigenvalue weighted by atomic mass is 16.5. The molecule has 0 bridgehead atoms. The molecule has 0 aromatic heterocycles. The average molecular weight is 298 g/mol. The second kappa shape index (κ2) is 8.23. The van der Waals surface area contributed by atoms with Crippen molar-refractivity contribution in [3.8, 4) is 11.5 Å². The van der Waals surface area contributed by atoms with Gasteiger partial charge in [-0.05, 0) is 48.7 Å². The monoisotopic (exact) mass is 298 g/mol. The number of hydrogen-bond donors (Lipinski definition) is 0. The van der Waals surface area contributed by atoms with E-state index < -0.39 is 0 Å². The lowest BCUT2D eigenvalue weighted by atomic mass is 10.0. The third-order valence-corrected chi connectivity index (χ3v) is 3.50. The molecule has 0 saturated carbocycles. The van der Waals surface area contributed by atoms with Crippen LogP contribution in [-0.4, -0.2) is 13.1 Å². The minimum Gasteiger partial charge on any atom is -0.465 e. The zero-order valence-electron chi connectivity index (χ0n) is 13.2. The summed E-state index contributed by atoms with van der Waals surface area (Å²) in [4.78, 5) is 11.7. The minimum absolute atomic E-state index is 0.317. The summed E-state index contributed by atoms with van der Waals surface area (Å²) in [6.07, 6.45) is 4.28. The van der Waals surface area contributed by atoms with Gasteiger partial charge in [-0.3, -0.25) is 0 Å². The van der Waals surface area contributed by atoms with Crippen LogP contribution in [0.4, 0.5) is 0 Å². The summed E-state index contributed by atoms with van der Waals surface area (Å²) in [5, 5.41) is 0. The summed E-state index contributed by atoms with van der Waals surface area (Å²) in [5.41, 5.74) is 1.61. The summed E-state index contributed by atoms with van der Waals surface area (Å²) in [6, 6.07) is 15.1. The van der Waals surface area contributed by atoms with Gasteiger partial charge in [0.25, 0.3) is 0 Å². The van der Waals surface area contributed by atoms with E-state index in [1.54, 1.807) is 6.07 Å². The zero-order chi connectivity index (χ0) is 15.8. The van der Waals surface area contributed by atoms with Crippen LogP contribution in [0.5, 0.6) is 11.5 Å². The van der Waals surface area contributed by atoms with Crippen molar-refractivity contribution in [2.45, 2.75) is 32.6 Å². The molecule has 2 rings (SSSR count). The van der Waals surface area contributed by atoms with Gasteiger partial charge in [0.2, 0.25) is 0 Å². The first-order valence-electron chi connectivity index (χ1n) is 7.68. The van der Waals surface area contributed by atoms with Crippen molar-refractivity contribution in [2.24, 2.45) is 0 Å². The third kappa shape index (κ3) is 4.35. The summed E-state index contributed by atoms with van der Waals surface area (Å²) < 4.78 is 10.8. The Morgan fingerprint density at radius 2 is 1.82 bits per heavy atom. The van der Waals surface area contributed by atoms with Gasteiger partial charge in [-0.1, -0.05) is 38.0 Å². The van der Waals surface area contributed by atoms with Gasteiger partial charge in [0.1, 0.15) is 11.5 Å². The van der Waals surface area contributed by atoms with E-state index in [-0.39, 0.29) is 5.97 Å². The van der Waals surface area contributed by atoms with E-state index in [1.807, 2.05) is 42.5 Å². The van der Waals surface area contributed by atoms with Crippen LogP contribution in [0, 0.1) is 0 Å². The number of hydrogen-bond acceptors (Lipinski definition) is 3. The Bertz CT molecular complexity index is 605. The first-order valence-corrected chi connectivity index (χ1v) is 7.68. The van der Waals surface area contributed by atoms with Crippen LogP contribution in [0.1, 0.15) is 42.1 Å². The number of carbonyl (C=O) groups is 1. The molecule has 0 radical (unpaired) electrons. The second-order valence-electron chi connectivity index (χ2n) is 5.19. The molecule has 0 aliphatic rings.